The second-order valence-electron chi connectivity index (χ2n) is 2.93. The molecule has 1 aliphatic rings. The highest BCUT2D eigenvalue weighted by molar-refractivity contribution is 5.39. The Labute approximate surface area is 71.0 Å². The molecule has 0 fully saturated rings. The summed E-state index contributed by atoms with van der Waals surface area (Å²) in [4.78, 5) is 4.12. The van der Waals surface area contributed by atoms with E-state index in [0.717, 1.165) is 29.8 Å². The molecule has 0 saturated carbocycles. The number of hydrogen-bond acceptors (Lipinski definition) is 3. The maximum atomic E-state index is 9.48. The number of aliphatic hydroxyl groups is 1. The molecule has 0 amide bonds. The smallest absolute Gasteiger partial charge is 0.125 e. The van der Waals surface area contributed by atoms with Crippen LogP contribution in [0.15, 0.2) is 12.3 Å². The lowest BCUT2D eigenvalue weighted by molar-refractivity contribution is 0.176. The van der Waals surface area contributed by atoms with E-state index in [1.54, 1.807) is 13.3 Å². The zero-order valence-corrected chi connectivity index (χ0v) is 6.95. The number of hydrogen-bond donors (Lipinski definition) is 1. The Morgan fingerprint density at radius 2 is 2.50 bits per heavy atom. The van der Waals surface area contributed by atoms with Gasteiger partial charge in [-0.05, 0) is 18.9 Å². The normalized spacial score (nSPS) is 20.7. The van der Waals surface area contributed by atoms with E-state index < -0.39 is 6.10 Å². The van der Waals surface area contributed by atoms with Crippen molar-refractivity contribution in [3.05, 3.63) is 23.5 Å². The number of nitrogens with zero attached hydrogens (tertiary/aromatic N) is 1. The van der Waals surface area contributed by atoms with E-state index in [4.69, 9.17) is 4.74 Å². The van der Waals surface area contributed by atoms with E-state index in [1.807, 2.05) is 6.07 Å². The fourth-order valence-electron chi connectivity index (χ4n) is 1.64. The van der Waals surface area contributed by atoms with Gasteiger partial charge in [-0.2, -0.15) is 0 Å². The van der Waals surface area contributed by atoms with Crippen molar-refractivity contribution in [1.29, 1.82) is 0 Å². The second kappa shape index (κ2) is 2.75. The largest absolute Gasteiger partial charge is 0.496 e. The van der Waals surface area contributed by atoms with E-state index in [2.05, 4.69) is 4.98 Å². The van der Waals surface area contributed by atoms with Crippen molar-refractivity contribution >= 4 is 0 Å². The Hall–Kier alpha value is -1.09. The number of fused-ring (bicyclic) bond motifs is 1. The van der Waals surface area contributed by atoms with Gasteiger partial charge < -0.3 is 9.84 Å². The molecule has 3 heteroatoms. The van der Waals surface area contributed by atoms with Crippen LogP contribution in [0.5, 0.6) is 5.75 Å². The summed E-state index contributed by atoms with van der Waals surface area (Å²) in [6.07, 6.45) is 2.91. The van der Waals surface area contributed by atoms with Gasteiger partial charge in [0.25, 0.3) is 0 Å². The summed E-state index contributed by atoms with van der Waals surface area (Å²) in [5.41, 5.74) is 1.85. The minimum Gasteiger partial charge on any atom is -0.496 e. The Kier molecular flexibility index (Phi) is 1.73. The summed E-state index contributed by atoms with van der Waals surface area (Å²) in [7, 11) is 1.64. The third-order valence-electron chi connectivity index (χ3n) is 2.25. The van der Waals surface area contributed by atoms with Crippen molar-refractivity contribution in [3.8, 4) is 5.75 Å². The molecule has 0 aliphatic heterocycles. The highest BCUT2D eigenvalue weighted by Gasteiger charge is 2.24. The topological polar surface area (TPSA) is 42.4 Å². The zero-order valence-electron chi connectivity index (χ0n) is 6.95. The monoisotopic (exact) mass is 165 g/mol. The molecule has 1 aliphatic carbocycles. The fraction of sp³-hybridized carbons (Fsp3) is 0.444. The van der Waals surface area contributed by atoms with Gasteiger partial charge in [0.2, 0.25) is 0 Å². The van der Waals surface area contributed by atoms with Gasteiger partial charge >= 0.3 is 0 Å². The summed E-state index contributed by atoms with van der Waals surface area (Å²) in [5.74, 6) is 0.844. The van der Waals surface area contributed by atoms with Crippen LogP contribution in [0.25, 0.3) is 0 Å². The van der Waals surface area contributed by atoms with Gasteiger partial charge in [0, 0.05) is 11.8 Å². The van der Waals surface area contributed by atoms with Gasteiger partial charge in [0.05, 0.1) is 18.9 Å². The first kappa shape index (κ1) is 7.55. The van der Waals surface area contributed by atoms with E-state index in [1.165, 1.54) is 0 Å². The van der Waals surface area contributed by atoms with Crippen LogP contribution in [-0.4, -0.2) is 17.2 Å². The molecule has 2 rings (SSSR count). The minimum atomic E-state index is -0.393. The van der Waals surface area contributed by atoms with Gasteiger partial charge in [0.15, 0.2) is 0 Å². The number of ether oxygens (including phenoxy) is 1. The van der Waals surface area contributed by atoms with Crippen LogP contribution >= 0.6 is 0 Å². The molecule has 1 unspecified atom stereocenters. The number of aromatic nitrogens is 1. The summed E-state index contributed by atoms with van der Waals surface area (Å²) in [5, 5.41) is 9.48. The van der Waals surface area contributed by atoms with Crippen LogP contribution in [0, 0.1) is 0 Å². The molecule has 0 spiro atoms. The Balaban J connectivity index is 2.50. The van der Waals surface area contributed by atoms with Gasteiger partial charge in [-0.3, -0.25) is 4.98 Å². The Bertz CT molecular complexity index is 299. The van der Waals surface area contributed by atoms with Crippen LogP contribution < -0.4 is 4.74 Å². The molecule has 12 heavy (non-hydrogen) atoms. The highest BCUT2D eigenvalue weighted by Crippen LogP contribution is 2.34. The van der Waals surface area contributed by atoms with E-state index in [9.17, 15) is 5.11 Å². The number of pyridine rings is 1. The third kappa shape index (κ3) is 0.975. The molecule has 1 N–H and O–H groups in total. The predicted molar refractivity (Wildman–Crippen MR) is 44.1 cm³/mol. The SMILES string of the molecule is COc1ccnc2c1CCC2O. The van der Waals surface area contributed by atoms with Crippen molar-refractivity contribution in [2.24, 2.45) is 0 Å². The molecule has 1 atom stereocenters. The highest BCUT2D eigenvalue weighted by atomic mass is 16.5. The number of methoxy groups -OCH3 is 1. The van der Waals surface area contributed by atoms with Crippen molar-refractivity contribution in [2.45, 2.75) is 18.9 Å². The summed E-state index contributed by atoms with van der Waals surface area (Å²) >= 11 is 0. The maximum Gasteiger partial charge on any atom is 0.125 e. The molecule has 3 nitrogen and oxygen atoms in total. The molecule has 1 aromatic heterocycles. The molecule has 1 aromatic rings. The van der Waals surface area contributed by atoms with Gasteiger partial charge in [-0.25, -0.2) is 0 Å². The van der Waals surface area contributed by atoms with E-state index >= 15 is 0 Å². The van der Waals surface area contributed by atoms with Crippen molar-refractivity contribution in [3.63, 3.8) is 0 Å². The standard InChI is InChI=1S/C9H11NO2/c1-12-8-4-5-10-9-6(8)2-3-7(9)11/h4-5,7,11H,2-3H2,1H3. The summed E-state index contributed by atoms with van der Waals surface area (Å²) in [6, 6.07) is 1.83. The molecular weight excluding hydrogens is 154 g/mol. The van der Waals surface area contributed by atoms with Gasteiger partial charge in [-0.1, -0.05) is 0 Å². The van der Waals surface area contributed by atoms with Crippen molar-refractivity contribution in [1.82, 2.24) is 4.98 Å². The third-order valence-corrected chi connectivity index (χ3v) is 2.25. The molecule has 0 radical (unpaired) electrons. The lowest BCUT2D eigenvalue weighted by Gasteiger charge is -2.05. The molecule has 0 bridgehead atoms. The zero-order chi connectivity index (χ0) is 8.55. The molecular formula is C9H11NO2. The molecule has 64 valence electrons. The lowest BCUT2D eigenvalue weighted by Crippen LogP contribution is -1.96. The van der Waals surface area contributed by atoms with E-state index in [0.29, 0.717) is 0 Å². The number of rotatable bonds is 1. The summed E-state index contributed by atoms with van der Waals surface area (Å²) < 4.78 is 5.15. The minimum absolute atomic E-state index is 0.393. The Morgan fingerprint density at radius 1 is 1.67 bits per heavy atom. The van der Waals surface area contributed by atoms with Crippen molar-refractivity contribution < 1.29 is 9.84 Å². The lowest BCUT2D eigenvalue weighted by atomic mass is 10.2. The molecule has 0 saturated heterocycles. The van der Waals surface area contributed by atoms with E-state index in [-0.39, 0.29) is 0 Å². The van der Waals surface area contributed by atoms with Crippen LogP contribution in [-0.2, 0) is 6.42 Å². The fourth-order valence-corrected chi connectivity index (χ4v) is 1.64. The first-order valence-electron chi connectivity index (χ1n) is 4.02. The van der Waals surface area contributed by atoms with Crippen LogP contribution in [0.3, 0.4) is 0 Å². The molecule has 0 aromatic carbocycles. The first-order valence-corrected chi connectivity index (χ1v) is 4.02. The number of aliphatic hydroxyl groups excluding tert-OH is 1. The average Bonchev–Trinajstić information content (AvgIpc) is 2.48. The van der Waals surface area contributed by atoms with Gasteiger partial charge in [0.1, 0.15) is 5.75 Å². The van der Waals surface area contributed by atoms with Gasteiger partial charge in [-0.15, -0.1) is 0 Å². The summed E-state index contributed by atoms with van der Waals surface area (Å²) in [6.45, 7) is 0. The van der Waals surface area contributed by atoms with Crippen LogP contribution in [0.1, 0.15) is 23.8 Å². The second-order valence-corrected chi connectivity index (χ2v) is 2.93. The first-order chi connectivity index (χ1) is 5.83. The average molecular weight is 165 g/mol. The molecule has 1 heterocycles. The van der Waals surface area contributed by atoms with Crippen molar-refractivity contribution in [2.75, 3.05) is 7.11 Å². The van der Waals surface area contributed by atoms with Crippen LogP contribution in [0.4, 0.5) is 0 Å². The predicted octanol–water partition coefficient (Wildman–Crippen LogP) is 1.07. The van der Waals surface area contributed by atoms with Crippen LogP contribution in [0.2, 0.25) is 0 Å². The maximum absolute atomic E-state index is 9.48. The quantitative estimate of drug-likeness (QED) is 0.676. The Morgan fingerprint density at radius 3 is 3.25 bits per heavy atom.